The predicted molar refractivity (Wildman–Crippen MR) is 89.2 cm³/mol. The van der Waals surface area contributed by atoms with Gasteiger partial charge in [-0.25, -0.2) is 4.79 Å². The van der Waals surface area contributed by atoms with Crippen LogP contribution in [0.25, 0.3) is 6.08 Å². The topological polar surface area (TPSA) is 55.4 Å². The molecule has 0 atom stereocenters. The second-order valence-corrected chi connectivity index (χ2v) is 5.15. The van der Waals surface area contributed by atoms with Gasteiger partial charge in [0.25, 0.3) is 0 Å². The molecule has 23 heavy (non-hydrogen) atoms. The molecular weight excluding hydrogens is 290 g/mol. The molecule has 0 fully saturated rings. The first-order valence-electron chi connectivity index (χ1n) is 7.32. The number of rotatable bonds is 5. The average Bonchev–Trinajstić information content (AvgIpc) is 2.54. The average molecular weight is 309 g/mol. The van der Waals surface area contributed by atoms with E-state index in [2.05, 4.69) is 5.32 Å². The Kier molecular flexibility index (Phi) is 5.69. The maximum atomic E-state index is 12.3. The molecule has 0 aliphatic carbocycles. The van der Waals surface area contributed by atoms with Crippen LogP contribution in [-0.4, -0.2) is 11.9 Å². The van der Waals surface area contributed by atoms with E-state index in [1.54, 1.807) is 6.08 Å². The van der Waals surface area contributed by atoms with E-state index < -0.39 is 5.97 Å². The molecule has 0 bridgehead atoms. The summed E-state index contributed by atoms with van der Waals surface area (Å²) >= 11 is 0. The molecule has 0 aliphatic heterocycles. The summed E-state index contributed by atoms with van der Waals surface area (Å²) in [6.07, 6.45) is 1.60. The van der Waals surface area contributed by atoms with E-state index in [4.69, 9.17) is 4.74 Å². The van der Waals surface area contributed by atoms with Crippen molar-refractivity contribution in [2.75, 3.05) is 0 Å². The first-order chi connectivity index (χ1) is 11.1. The number of hydrogen-bond donors (Lipinski definition) is 1. The first-order valence-corrected chi connectivity index (χ1v) is 7.32. The molecule has 0 saturated carbocycles. The van der Waals surface area contributed by atoms with Gasteiger partial charge in [0.15, 0.2) is 0 Å². The van der Waals surface area contributed by atoms with Gasteiger partial charge in [-0.05, 0) is 29.7 Å². The Hall–Kier alpha value is -2.88. The highest BCUT2D eigenvalue weighted by Crippen LogP contribution is 2.11. The number of nitrogens with one attached hydrogen (secondary N) is 1. The highest BCUT2D eigenvalue weighted by atomic mass is 16.5. The standard InChI is InChI=1S/C19H19NO3/c1-14-8-6-7-11-17(14)13-23-19(22)18(20-15(2)21)12-16-9-4-3-5-10-16/h3-12H,13H2,1-2H3,(H,20,21)/b18-12-. The third kappa shape index (κ3) is 5.11. The van der Waals surface area contributed by atoms with Crippen molar-refractivity contribution in [3.63, 3.8) is 0 Å². The molecule has 0 unspecified atom stereocenters. The smallest absolute Gasteiger partial charge is 0.355 e. The molecule has 2 rings (SSSR count). The van der Waals surface area contributed by atoms with Gasteiger partial charge in [-0.1, -0.05) is 54.6 Å². The summed E-state index contributed by atoms with van der Waals surface area (Å²) in [5.41, 5.74) is 2.91. The van der Waals surface area contributed by atoms with E-state index in [1.165, 1.54) is 6.92 Å². The van der Waals surface area contributed by atoms with Crippen LogP contribution in [0.3, 0.4) is 0 Å². The summed E-state index contributed by atoms with van der Waals surface area (Å²) in [7, 11) is 0. The van der Waals surface area contributed by atoms with E-state index in [0.717, 1.165) is 16.7 Å². The molecule has 0 spiro atoms. The van der Waals surface area contributed by atoms with E-state index >= 15 is 0 Å². The van der Waals surface area contributed by atoms with Gasteiger partial charge in [-0.2, -0.15) is 0 Å². The van der Waals surface area contributed by atoms with Crippen LogP contribution in [-0.2, 0) is 20.9 Å². The van der Waals surface area contributed by atoms with Crippen molar-refractivity contribution >= 4 is 18.0 Å². The third-order valence-electron chi connectivity index (χ3n) is 3.26. The minimum absolute atomic E-state index is 0.122. The monoisotopic (exact) mass is 309 g/mol. The van der Waals surface area contributed by atoms with E-state index in [-0.39, 0.29) is 18.2 Å². The maximum Gasteiger partial charge on any atom is 0.355 e. The maximum absolute atomic E-state index is 12.3. The van der Waals surface area contributed by atoms with Crippen LogP contribution in [0.1, 0.15) is 23.6 Å². The van der Waals surface area contributed by atoms with Crippen LogP contribution in [0.5, 0.6) is 0 Å². The van der Waals surface area contributed by atoms with Gasteiger partial charge in [0.05, 0.1) is 0 Å². The van der Waals surface area contributed by atoms with Crippen LogP contribution in [0.4, 0.5) is 0 Å². The van der Waals surface area contributed by atoms with Gasteiger partial charge in [0, 0.05) is 6.92 Å². The number of esters is 1. The predicted octanol–water partition coefficient (Wildman–Crippen LogP) is 3.22. The number of ether oxygens (including phenoxy) is 1. The summed E-state index contributed by atoms with van der Waals surface area (Å²) in [4.78, 5) is 23.6. The minimum atomic E-state index is -0.563. The van der Waals surface area contributed by atoms with Crippen molar-refractivity contribution in [3.8, 4) is 0 Å². The second kappa shape index (κ2) is 7.94. The fourth-order valence-electron chi connectivity index (χ4n) is 2.04. The van der Waals surface area contributed by atoms with Crippen LogP contribution in [0, 0.1) is 6.92 Å². The Balaban J connectivity index is 2.12. The molecule has 4 nitrogen and oxygen atoms in total. The molecule has 2 aromatic carbocycles. The van der Waals surface area contributed by atoms with Crippen LogP contribution < -0.4 is 5.32 Å². The van der Waals surface area contributed by atoms with Gasteiger partial charge < -0.3 is 10.1 Å². The number of benzene rings is 2. The largest absolute Gasteiger partial charge is 0.456 e. The summed E-state index contributed by atoms with van der Waals surface area (Å²) in [5.74, 6) is -0.882. The lowest BCUT2D eigenvalue weighted by Crippen LogP contribution is -2.26. The number of amides is 1. The second-order valence-electron chi connectivity index (χ2n) is 5.15. The van der Waals surface area contributed by atoms with Gasteiger partial charge in [-0.15, -0.1) is 0 Å². The Labute approximate surface area is 135 Å². The molecule has 1 N–H and O–H groups in total. The van der Waals surface area contributed by atoms with Crippen molar-refractivity contribution in [2.45, 2.75) is 20.5 Å². The molecule has 4 heteroatoms. The van der Waals surface area contributed by atoms with Gasteiger partial charge in [0.2, 0.25) is 5.91 Å². The molecule has 0 heterocycles. The minimum Gasteiger partial charge on any atom is -0.456 e. The Morgan fingerprint density at radius 1 is 1.04 bits per heavy atom. The van der Waals surface area contributed by atoms with Crippen molar-refractivity contribution in [1.82, 2.24) is 5.32 Å². The zero-order chi connectivity index (χ0) is 16.7. The normalized spacial score (nSPS) is 11.0. The van der Waals surface area contributed by atoms with Crippen molar-refractivity contribution < 1.29 is 14.3 Å². The van der Waals surface area contributed by atoms with Crippen LogP contribution >= 0.6 is 0 Å². The quantitative estimate of drug-likeness (QED) is 0.681. The third-order valence-corrected chi connectivity index (χ3v) is 3.26. The van der Waals surface area contributed by atoms with Gasteiger partial charge >= 0.3 is 5.97 Å². The summed E-state index contributed by atoms with van der Waals surface area (Å²) in [6.45, 7) is 3.47. The zero-order valence-corrected chi connectivity index (χ0v) is 13.2. The van der Waals surface area contributed by atoms with Gasteiger partial charge in [-0.3, -0.25) is 4.79 Å². The molecule has 0 radical (unpaired) electrons. The molecular formula is C19H19NO3. The first kappa shape index (κ1) is 16.5. The van der Waals surface area contributed by atoms with E-state index in [0.29, 0.717) is 0 Å². The van der Waals surface area contributed by atoms with E-state index in [1.807, 2.05) is 61.5 Å². The van der Waals surface area contributed by atoms with Crippen LogP contribution in [0.2, 0.25) is 0 Å². The van der Waals surface area contributed by atoms with Crippen molar-refractivity contribution in [2.24, 2.45) is 0 Å². The Morgan fingerprint density at radius 2 is 1.70 bits per heavy atom. The lowest BCUT2D eigenvalue weighted by molar-refractivity contribution is -0.141. The fourth-order valence-corrected chi connectivity index (χ4v) is 2.04. The van der Waals surface area contributed by atoms with E-state index in [9.17, 15) is 9.59 Å². The number of carbonyl (C=O) groups is 2. The molecule has 2 aromatic rings. The molecule has 118 valence electrons. The molecule has 0 saturated heterocycles. The highest BCUT2D eigenvalue weighted by Gasteiger charge is 2.13. The van der Waals surface area contributed by atoms with Crippen LogP contribution in [0.15, 0.2) is 60.3 Å². The van der Waals surface area contributed by atoms with Crippen molar-refractivity contribution in [1.29, 1.82) is 0 Å². The number of carbonyl (C=O) groups excluding carboxylic acids is 2. The Morgan fingerprint density at radius 3 is 2.35 bits per heavy atom. The van der Waals surface area contributed by atoms with Crippen molar-refractivity contribution in [3.05, 3.63) is 77.0 Å². The highest BCUT2D eigenvalue weighted by molar-refractivity contribution is 5.97. The number of aryl methyl sites for hydroxylation is 1. The molecule has 0 aromatic heterocycles. The SMILES string of the molecule is CC(=O)N/C(=C\c1ccccc1)C(=O)OCc1ccccc1C. The summed E-state index contributed by atoms with van der Waals surface area (Å²) in [6, 6.07) is 17.0. The Bertz CT molecular complexity index is 720. The molecule has 1 amide bonds. The fraction of sp³-hybridized carbons (Fsp3) is 0.158. The summed E-state index contributed by atoms with van der Waals surface area (Å²) < 4.78 is 5.32. The lowest BCUT2D eigenvalue weighted by atomic mass is 10.1. The molecule has 0 aliphatic rings. The number of hydrogen-bond acceptors (Lipinski definition) is 3. The zero-order valence-electron chi connectivity index (χ0n) is 13.2. The lowest BCUT2D eigenvalue weighted by Gasteiger charge is -2.10. The summed E-state index contributed by atoms with van der Waals surface area (Å²) in [5, 5.41) is 2.53. The van der Waals surface area contributed by atoms with Gasteiger partial charge in [0.1, 0.15) is 12.3 Å².